The summed E-state index contributed by atoms with van der Waals surface area (Å²) in [5.41, 5.74) is 7.84. The minimum Gasteiger partial charge on any atom is -0.481 e. The standard InChI is InChI=1S/C15H15ClN2O2/c1-10-4-2-7-13(17)15(10)20-9-14(19)18-12-6-3-5-11(16)8-12/h2-8H,9,17H2,1H3,(H,18,19). The average Bonchev–Trinajstić information content (AvgIpc) is 2.38. The second-order valence-electron chi connectivity index (χ2n) is 4.34. The number of anilines is 2. The van der Waals surface area contributed by atoms with Crippen molar-refractivity contribution in [1.29, 1.82) is 0 Å². The number of amides is 1. The van der Waals surface area contributed by atoms with Gasteiger partial charge in [0.1, 0.15) is 5.75 Å². The van der Waals surface area contributed by atoms with Gasteiger partial charge < -0.3 is 15.8 Å². The third-order valence-electron chi connectivity index (χ3n) is 2.70. The van der Waals surface area contributed by atoms with Crippen molar-refractivity contribution in [1.82, 2.24) is 0 Å². The number of para-hydroxylation sites is 1. The summed E-state index contributed by atoms with van der Waals surface area (Å²) in [6.07, 6.45) is 0. The Hall–Kier alpha value is -2.20. The zero-order chi connectivity index (χ0) is 14.5. The molecule has 20 heavy (non-hydrogen) atoms. The molecule has 4 nitrogen and oxygen atoms in total. The van der Waals surface area contributed by atoms with Gasteiger partial charge in [-0.2, -0.15) is 0 Å². The summed E-state index contributed by atoms with van der Waals surface area (Å²) in [5.74, 6) is 0.267. The van der Waals surface area contributed by atoms with E-state index in [-0.39, 0.29) is 12.5 Å². The third kappa shape index (κ3) is 3.65. The fourth-order valence-electron chi connectivity index (χ4n) is 1.77. The Balaban J connectivity index is 1.96. The third-order valence-corrected chi connectivity index (χ3v) is 2.93. The zero-order valence-corrected chi connectivity index (χ0v) is 11.8. The Morgan fingerprint density at radius 3 is 2.75 bits per heavy atom. The molecule has 2 aromatic carbocycles. The molecule has 0 fully saturated rings. The van der Waals surface area contributed by atoms with E-state index in [9.17, 15) is 4.79 Å². The first kappa shape index (κ1) is 14.2. The number of nitrogen functional groups attached to an aromatic ring is 1. The molecule has 0 aliphatic carbocycles. The van der Waals surface area contributed by atoms with Crippen LogP contribution >= 0.6 is 11.6 Å². The lowest BCUT2D eigenvalue weighted by atomic mass is 10.2. The molecule has 0 saturated carbocycles. The number of nitrogens with one attached hydrogen (secondary N) is 1. The number of carbonyl (C=O) groups is 1. The molecule has 0 heterocycles. The molecule has 2 rings (SSSR count). The van der Waals surface area contributed by atoms with Crippen LogP contribution in [0.3, 0.4) is 0 Å². The zero-order valence-electron chi connectivity index (χ0n) is 11.0. The lowest BCUT2D eigenvalue weighted by Crippen LogP contribution is -2.20. The van der Waals surface area contributed by atoms with Crippen molar-refractivity contribution in [2.24, 2.45) is 0 Å². The SMILES string of the molecule is Cc1cccc(N)c1OCC(=O)Nc1cccc(Cl)c1. The number of aryl methyl sites for hydroxylation is 1. The molecule has 2 aromatic rings. The van der Waals surface area contributed by atoms with Crippen LogP contribution in [-0.4, -0.2) is 12.5 Å². The highest BCUT2D eigenvalue weighted by Gasteiger charge is 2.08. The predicted octanol–water partition coefficient (Wildman–Crippen LogP) is 3.25. The fourth-order valence-corrected chi connectivity index (χ4v) is 1.96. The number of nitrogens with two attached hydrogens (primary N) is 1. The maximum atomic E-state index is 11.8. The molecule has 1 amide bonds. The number of halogens is 1. The van der Waals surface area contributed by atoms with E-state index in [2.05, 4.69) is 5.32 Å². The van der Waals surface area contributed by atoms with Gasteiger partial charge in [0.15, 0.2) is 6.61 Å². The molecule has 0 spiro atoms. The van der Waals surface area contributed by atoms with E-state index < -0.39 is 0 Å². The van der Waals surface area contributed by atoms with Crippen LogP contribution in [0.1, 0.15) is 5.56 Å². The van der Waals surface area contributed by atoms with Crippen LogP contribution in [0.25, 0.3) is 0 Å². The van der Waals surface area contributed by atoms with Crippen molar-refractivity contribution < 1.29 is 9.53 Å². The minimum atomic E-state index is -0.269. The van der Waals surface area contributed by atoms with Crippen molar-refractivity contribution in [3.8, 4) is 5.75 Å². The molecular formula is C15H15ClN2O2. The number of hydrogen-bond acceptors (Lipinski definition) is 3. The Kier molecular flexibility index (Phi) is 4.48. The molecule has 0 unspecified atom stereocenters. The van der Waals surface area contributed by atoms with Crippen molar-refractivity contribution in [3.63, 3.8) is 0 Å². The van der Waals surface area contributed by atoms with E-state index in [1.165, 1.54) is 0 Å². The van der Waals surface area contributed by atoms with E-state index in [1.54, 1.807) is 30.3 Å². The summed E-state index contributed by atoms with van der Waals surface area (Å²) in [6.45, 7) is 1.77. The van der Waals surface area contributed by atoms with Gasteiger partial charge in [0.25, 0.3) is 5.91 Å². The second kappa shape index (κ2) is 6.30. The lowest BCUT2D eigenvalue weighted by Gasteiger charge is -2.11. The van der Waals surface area contributed by atoms with Gasteiger partial charge in [-0.1, -0.05) is 29.8 Å². The normalized spacial score (nSPS) is 10.1. The van der Waals surface area contributed by atoms with Gasteiger partial charge in [-0.15, -0.1) is 0 Å². The first-order valence-electron chi connectivity index (χ1n) is 6.09. The molecule has 0 bridgehead atoms. The maximum Gasteiger partial charge on any atom is 0.262 e. The fraction of sp³-hybridized carbons (Fsp3) is 0.133. The van der Waals surface area contributed by atoms with Gasteiger partial charge in [-0.05, 0) is 36.8 Å². The molecule has 5 heteroatoms. The Morgan fingerprint density at radius 2 is 2.05 bits per heavy atom. The van der Waals surface area contributed by atoms with Gasteiger partial charge in [0.2, 0.25) is 0 Å². The molecule has 0 aliphatic rings. The van der Waals surface area contributed by atoms with Crippen LogP contribution in [-0.2, 0) is 4.79 Å². The monoisotopic (exact) mass is 290 g/mol. The molecule has 0 radical (unpaired) electrons. The Morgan fingerprint density at radius 1 is 1.30 bits per heavy atom. The van der Waals surface area contributed by atoms with E-state index in [4.69, 9.17) is 22.1 Å². The number of ether oxygens (including phenoxy) is 1. The molecular weight excluding hydrogens is 276 g/mol. The molecule has 0 saturated heterocycles. The van der Waals surface area contributed by atoms with Crippen LogP contribution in [0.5, 0.6) is 5.75 Å². The van der Waals surface area contributed by atoms with Gasteiger partial charge in [-0.25, -0.2) is 0 Å². The van der Waals surface area contributed by atoms with E-state index in [1.807, 2.05) is 19.1 Å². The Bertz CT molecular complexity index is 609. The quantitative estimate of drug-likeness (QED) is 0.850. The van der Waals surface area contributed by atoms with E-state index in [0.717, 1.165) is 5.56 Å². The van der Waals surface area contributed by atoms with Crippen molar-refractivity contribution in [3.05, 3.63) is 53.1 Å². The van der Waals surface area contributed by atoms with Gasteiger partial charge in [0, 0.05) is 10.7 Å². The second-order valence-corrected chi connectivity index (χ2v) is 4.78. The van der Waals surface area contributed by atoms with Crippen molar-refractivity contribution in [2.75, 3.05) is 17.7 Å². The van der Waals surface area contributed by atoms with Crippen LogP contribution in [0.4, 0.5) is 11.4 Å². The molecule has 0 aliphatic heterocycles. The summed E-state index contributed by atoms with van der Waals surface area (Å²) in [7, 11) is 0. The summed E-state index contributed by atoms with van der Waals surface area (Å²) in [6, 6.07) is 12.4. The number of benzene rings is 2. The molecule has 0 atom stereocenters. The minimum absolute atomic E-state index is 0.110. The van der Waals surface area contributed by atoms with E-state index >= 15 is 0 Å². The van der Waals surface area contributed by atoms with Gasteiger partial charge in [0.05, 0.1) is 5.69 Å². The van der Waals surface area contributed by atoms with E-state index in [0.29, 0.717) is 22.1 Å². The highest BCUT2D eigenvalue weighted by molar-refractivity contribution is 6.30. The highest BCUT2D eigenvalue weighted by atomic mass is 35.5. The topological polar surface area (TPSA) is 64.3 Å². The van der Waals surface area contributed by atoms with Crippen molar-refractivity contribution >= 4 is 28.9 Å². The number of carbonyl (C=O) groups excluding carboxylic acids is 1. The van der Waals surface area contributed by atoms with Crippen LogP contribution in [0.15, 0.2) is 42.5 Å². The molecule has 104 valence electrons. The summed E-state index contributed by atoms with van der Waals surface area (Å²) in [5, 5.41) is 3.26. The first-order chi connectivity index (χ1) is 9.56. The summed E-state index contributed by atoms with van der Waals surface area (Å²) >= 11 is 5.84. The first-order valence-corrected chi connectivity index (χ1v) is 6.47. The Labute approximate surface area is 122 Å². The van der Waals surface area contributed by atoms with Crippen molar-refractivity contribution in [2.45, 2.75) is 6.92 Å². The highest BCUT2D eigenvalue weighted by Crippen LogP contribution is 2.25. The van der Waals surface area contributed by atoms with Crippen LogP contribution in [0.2, 0.25) is 5.02 Å². The predicted molar refractivity (Wildman–Crippen MR) is 81.2 cm³/mol. The number of rotatable bonds is 4. The maximum absolute atomic E-state index is 11.8. The molecule has 3 N–H and O–H groups in total. The average molecular weight is 291 g/mol. The van der Waals surface area contributed by atoms with Crippen LogP contribution in [0, 0.1) is 6.92 Å². The largest absolute Gasteiger partial charge is 0.481 e. The van der Waals surface area contributed by atoms with Gasteiger partial charge in [-0.3, -0.25) is 4.79 Å². The number of hydrogen-bond donors (Lipinski definition) is 2. The molecule has 0 aromatic heterocycles. The summed E-state index contributed by atoms with van der Waals surface area (Å²) < 4.78 is 5.46. The lowest BCUT2D eigenvalue weighted by molar-refractivity contribution is -0.118. The van der Waals surface area contributed by atoms with Gasteiger partial charge >= 0.3 is 0 Å². The summed E-state index contributed by atoms with van der Waals surface area (Å²) in [4.78, 5) is 11.8. The van der Waals surface area contributed by atoms with Crippen LogP contribution < -0.4 is 15.8 Å². The smallest absolute Gasteiger partial charge is 0.262 e.